The Morgan fingerprint density at radius 3 is 2.40 bits per heavy atom. The first-order chi connectivity index (χ1) is 11.9. The van der Waals surface area contributed by atoms with Gasteiger partial charge in [-0.25, -0.2) is 0 Å². The molecule has 25 heavy (non-hydrogen) atoms. The van der Waals surface area contributed by atoms with Gasteiger partial charge >= 0.3 is 7.12 Å². The Morgan fingerprint density at radius 1 is 1.04 bits per heavy atom. The molecule has 2 saturated heterocycles. The molecule has 5 nitrogen and oxygen atoms in total. The molecule has 3 heterocycles. The second-order valence-electron chi connectivity index (χ2n) is 8.32. The molecule has 1 aromatic heterocycles. The van der Waals surface area contributed by atoms with E-state index in [1.54, 1.807) is 0 Å². The Kier molecular flexibility index (Phi) is 4.17. The lowest BCUT2D eigenvalue weighted by molar-refractivity contribution is 0.00578. The molecule has 2 aliphatic heterocycles. The van der Waals surface area contributed by atoms with Crippen molar-refractivity contribution in [2.75, 3.05) is 19.6 Å². The maximum absolute atomic E-state index is 6.20. The molecule has 0 amide bonds. The topological polar surface area (TPSA) is 39.5 Å². The van der Waals surface area contributed by atoms with Crippen LogP contribution in [0.5, 0.6) is 0 Å². The minimum Gasteiger partial charge on any atom is -0.399 e. The summed E-state index contributed by atoms with van der Waals surface area (Å²) in [5.41, 5.74) is 1.59. The first-order valence-corrected chi connectivity index (χ1v) is 9.39. The quantitative estimate of drug-likeness (QED) is 0.801. The largest absolute Gasteiger partial charge is 0.494 e. The van der Waals surface area contributed by atoms with Crippen molar-refractivity contribution >= 4 is 23.5 Å². The van der Waals surface area contributed by atoms with Gasteiger partial charge in [0.1, 0.15) is 0 Å². The van der Waals surface area contributed by atoms with Crippen molar-refractivity contribution in [2.45, 2.75) is 58.3 Å². The first-order valence-electron chi connectivity index (χ1n) is 9.39. The predicted molar refractivity (Wildman–Crippen MR) is 101 cm³/mol. The third-order valence-electron chi connectivity index (χ3n) is 6.02. The number of fused-ring (bicyclic) bond motifs is 1. The Morgan fingerprint density at radius 2 is 1.72 bits per heavy atom. The molecule has 4 rings (SSSR count). The van der Waals surface area contributed by atoms with Crippen LogP contribution >= 0.6 is 0 Å². The van der Waals surface area contributed by atoms with Gasteiger partial charge in [0, 0.05) is 11.9 Å². The first kappa shape index (κ1) is 17.1. The summed E-state index contributed by atoms with van der Waals surface area (Å²) in [5.74, 6) is 0. The number of aromatic nitrogens is 2. The molecule has 134 valence electrons. The number of nitrogens with zero attached hydrogens (tertiary/aromatic N) is 3. The molecular weight excluding hydrogens is 313 g/mol. The minimum atomic E-state index is -0.323. The smallest absolute Gasteiger partial charge is 0.399 e. The van der Waals surface area contributed by atoms with Crippen molar-refractivity contribution in [1.82, 2.24) is 14.7 Å². The summed E-state index contributed by atoms with van der Waals surface area (Å²) in [6.45, 7) is 12.8. The van der Waals surface area contributed by atoms with Gasteiger partial charge in [0.05, 0.1) is 29.5 Å². The van der Waals surface area contributed by atoms with Crippen LogP contribution in [0.2, 0.25) is 0 Å². The Bertz CT molecular complexity index is 749. The summed E-state index contributed by atoms with van der Waals surface area (Å²) in [6, 6.07) is 6.39. The molecule has 0 spiro atoms. The molecular formula is C19H28BN3O2. The van der Waals surface area contributed by atoms with Crippen LogP contribution in [0, 0.1) is 0 Å². The average Bonchev–Trinajstić information content (AvgIpc) is 3.24. The molecule has 0 N–H and O–H groups in total. The van der Waals surface area contributed by atoms with Crippen molar-refractivity contribution in [1.29, 1.82) is 0 Å². The van der Waals surface area contributed by atoms with E-state index in [0.29, 0.717) is 0 Å². The van der Waals surface area contributed by atoms with Gasteiger partial charge in [-0.15, -0.1) is 0 Å². The van der Waals surface area contributed by atoms with Crippen LogP contribution in [0.15, 0.2) is 24.4 Å². The van der Waals surface area contributed by atoms with Crippen LogP contribution in [-0.2, 0) is 15.9 Å². The lowest BCUT2D eigenvalue weighted by atomic mass is 9.79. The van der Waals surface area contributed by atoms with E-state index in [-0.39, 0.29) is 18.3 Å². The molecule has 0 radical (unpaired) electrons. The van der Waals surface area contributed by atoms with Gasteiger partial charge in [-0.3, -0.25) is 4.68 Å². The van der Waals surface area contributed by atoms with E-state index in [4.69, 9.17) is 9.31 Å². The number of rotatable bonds is 4. The molecule has 2 aliphatic rings. The number of hydrogen-bond donors (Lipinski definition) is 0. The van der Waals surface area contributed by atoms with E-state index in [1.807, 2.05) is 6.20 Å². The molecule has 0 aliphatic carbocycles. The van der Waals surface area contributed by atoms with Gasteiger partial charge in [0.15, 0.2) is 0 Å². The number of likely N-dealkylation sites (tertiary alicyclic amines) is 1. The zero-order chi connectivity index (χ0) is 17.7. The maximum Gasteiger partial charge on any atom is 0.494 e. The summed E-state index contributed by atoms with van der Waals surface area (Å²) in [7, 11) is -0.323. The summed E-state index contributed by atoms with van der Waals surface area (Å²) >= 11 is 0. The fourth-order valence-electron chi connectivity index (χ4n) is 3.63. The van der Waals surface area contributed by atoms with Crippen LogP contribution < -0.4 is 5.46 Å². The van der Waals surface area contributed by atoms with Crippen molar-refractivity contribution < 1.29 is 9.31 Å². The van der Waals surface area contributed by atoms with E-state index >= 15 is 0 Å². The number of hydrogen-bond acceptors (Lipinski definition) is 4. The Hall–Kier alpha value is -1.37. The fourth-order valence-corrected chi connectivity index (χ4v) is 3.63. The molecule has 0 bridgehead atoms. The summed E-state index contributed by atoms with van der Waals surface area (Å²) in [5, 5.41) is 5.76. The van der Waals surface area contributed by atoms with Crippen LogP contribution in [0.25, 0.3) is 10.9 Å². The highest BCUT2D eigenvalue weighted by Gasteiger charge is 2.51. The molecule has 2 aromatic rings. The van der Waals surface area contributed by atoms with Crippen molar-refractivity contribution in [3.8, 4) is 0 Å². The van der Waals surface area contributed by atoms with Crippen LogP contribution in [0.1, 0.15) is 40.5 Å². The van der Waals surface area contributed by atoms with Gasteiger partial charge in [-0.2, -0.15) is 5.10 Å². The fraction of sp³-hybridized carbons (Fsp3) is 0.632. The van der Waals surface area contributed by atoms with Crippen molar-refractivity contribution in [2.24, 2.45) is 0 Å². The lowest BCUT2D eigenvalue weighted by Gasteiger charge is -2.32. The standard InChI is InChI=1S/C19H28BN3O2/c1-18(2)19(3,4)25-20(24-18)16-8-7-15-14-21-23(17(15)13-16)12-11-22-9-5-6-10-22/h7-8,13-14H,5-6,9-12H2,1-4H3. The lowest BCUT2D eigenvalue weighted by Crippen LogP contribution is -2.41. The van der Waals surface area contributed by atoms with Gasteiger partial charge in [-0.05, 0) is 65.2 Å². The summed E-state index contributed by atoms with van der Waals surface area (Å²) in [6.07, 6.45) is 4.60. The molecule has 6 heteroatoms. The van der Waals surface area contributed by atoms with Crippen LogP contribution in [0.4, 0.5) is 0 Å². The maximum atomic E-state index is 6.20. The van der Waals surface area contributed by atoms with Gasteiger partial charge < -0.3 is 14.2 Å². The highest BCUT2D eigenvalue weighted by molar-refractivity contribution is 6.62. The number of benzene rings is 1. The summed E-state index contributed by atoms with van der Waals surface area (Å²) in [4.78, 5) is 2.52. The van der Waals surface area contributed by atoms with Crippen molar-refractivity contribution in [3.63, 3.8) is 0 Å². The molecule has 0 atom stereocenters. The highest BCUT2D eigenvalue weighted by atomic mass is 16.7. The molecule has 1 aromatic carbocycles. The van der Waals surface area contributed by atoms with Crippen LogP contribution in [-0.4, -0.2) is 52.6 Å². The monoisotopic (exact) mass is 341 g/mol. The van der Waals surface area contributed by atoms with Gasteiger partial charge in [-0.1, -0.05) is 12.1 Å². The zero-order valence-electron chi connectivity index (χ0n) is 15.8. The van der Waals surface area contributed by atoms with E-state index in [0.717, 1.165) is 24.1 Å². The zero-order valence-corrected chi connectivity index (χ0v) is 15.8. The normalized spacial score (nSPS) is 23.0. The van der Waals surface area contributed by atoms with E-state index in [2.05, 4.69) is 60.6 Å². The van der Waals surface area contributed by atoms with Crippen molar-refractivity contribution in [3.05, 3.63) is 24.4 Å². The highest BCUT2D eigenvalue weighted by Crippen LogP contribution is 2.36. The third kappa shape index (κ3) is 3.11. The Balaban J connectivity index is 1.56. The average molecular weight is 341 g/mol. The van der Waals surface area contributed by atoms with Crippen LogP contribution in [0.3, 0.4) is 0 Å². The van der Waals surface area contributed by atoms with E-state index in [9.17, 15) is 0 Å². The van der Waals surface area contributed by atoms with E-state index in [1.165, 1.54) is 31.3 Å². The SMILES string of the molecule is CC1(C)OB(c2ccc3cnn(CCN4CCCC4)c3c2)OC1(C)C. The molecule has 0 saturated carbocycles. The molecule has 0 unspecified atom stereocenters. The Labute approximate surface area is 150 Å². The minimum absolute atomic E-state index is 0.317. The second-order valence-corrected chi connectivity index (χ2v) is 8.32. The summed E-state index contributed by atoms with van der Waals surface area (Å²) < 4.78 is 14.5. The third-order valence-corrected chi connectivity index (χ3v) is 6.02. The second kappa shape index (κ2) is 6.11. The van der Waals surface area contributed by atoms with E-state index < -0.39 is 0 Å². The molecule has 2 fully saturated rings. The van der Waals surface area contributed by atoms with Gasteiger partial charge in [0.25, 0.3) is 0 Å². The predicted octanol–water partition coefficient (Wildman–Crippen LogP) is 2.43. The van der Waals surface area contributed by atoms with Gasteiger partial charge in [0.2, 0.25) is 0 Å².